The lowest BCUT2D eigenvalue weighted by molar-refractivity contribution is -0.124. The van der Waals surface area contributed by atoms with Gasteiger partial charge in [0.1, 0.15) is 11.6 Å². The van der Waals surface area contributed by atoms with Crippen molar-refractivity contribution in [2.75, 3.05) is 26.2 Å². The van der Waals surface area contributed by atoms with Gasteiger partial charge in [0, 0.05) is 6.54 Å². The molecule has 3 rings (SSSR count). The highest BCUT2D eigenvalue weighted by molar-refractivity contribution is 6.32. The van der Waals surface area contributed by atoms with E-state index >= 15 is 0 Å². The van der Waals surface area contributed by atoms with Gasteiger partial charge in [0.25, 0.3) is 5.91 Å². The molecule has 2 fully saturated rings. The molecule has 0 aromatic heterocycles. The monoisotopic (exact) mass is 312 g/mol. The van der Waals surface area contributed by atoms with Gasteiger partial charge in [0.2, 0.25) is 0 Å². The van der Waals surface area contributed by atoms with Crippen LogP contribution in [-0.2, 0) is 4.79 Å². The van der Waals surface area contributed by atoms with Crippen molar-refractivity contribution in [2.24, 2.45) is 0 Å². The lowest BCUT2D eigenvalue weighted by Gasteiger charge is -2.34. The Labute approximate surface area is 128 Å². The summed E-state index contributed by atoms with van der Waals surface area (Å²) in [6.45, 7) is 3.07. The Balaban J connectivity index is 1.48. The first-order valence-corrected chi connectivity index (χ1v) is 7.55. The fraction of sp³-hybridized carbons (Fsp3) is 0.533. The lowest BCUT2D eigenvalue weighted by Crippen LogP contribution is -2.51. The summed E-state index contributed by atoms with van der Waals surface area (Å²) in [6.07, 6.45) is 3.29. The topological polar surface area (TPSA) is 41.6 Å². The second-order valence-electron chi connectivity index (χ2n) is 5.82. The van der Waals surface area contributed by atoms with Gasteiger partial charge >= 0.3 is 0 Å². The maximum Gasteiger partial charge on any atom is 0.258 e. The van der Waals surface area contributed by atoms with Crippen LogP contribution in [0.2, 0.25) is 5.02 Å². The first-order valence-electron chi connectivity index (χ1n) is 7.18. The molecule has 1 amide bonds. The predicted octanol–water partition coefficient (Wildman–Crippen LogP) is 2.21. The highest BCUT2D eigenvalue weighted by Gasteiger charge is 2.45. The van der Waals surface area contributed by atoms with E-state index in [4.69, 9.17) is 16.3 Å². The molecule has 21 heavy (non-hydrogen) atoms. The Bertz CT molecular complexity index is 544. The highest BCUT2D eigenvalue weighted by Crippen LogP contribution is 2.37. The van der Waals surface area contributed by atoms with Gasteiger partial charge in [-0.25, -0.2) is 4.39 Å². The third kappa shape index (κ3) is 3.66. The van der Waals surface area contributed by atoms with Gasteiger partial charge < -0.3 is 15.0 Å². The zero-order chi connectivity index (χ0) is 14.9. The predicted molar refractivity (Wildman–Crippen MR) is 78.1 cm³/mol. The molecule has 1 aromatic rings. The molecule has 2 aliphatic rings. The summed E-state index contributed by atoms with van der Waals surface area (Å²) < 4.78 is 18.3. The van der Waals surface area contributed by atoms with Crippen LogP contribution in [0, 0.1) is 5.82 Å². The standard InChI is InChI=1S/C15H18ClFN2O2/c16-12-8-11(17)2-3-13(12)21-9-14(20)18-15(4-5-15)10-19-6-1-7-19/h2-3,8H,1,4-7,9-10H2,(H,18,20). The van der Waals surface area contributed by atoms with Gasteiger partial charge in [0.05, 0.1) is 10.6 Å². The van der Waals surface area contributed by atoms with E-state index in [1.54, 1.807) is 0 Å². The summed E-state index contributed by atoms with van der Waals surface area (Å²) in [5, 5.41) is 3.22. The van der Waals surface area contributed by atoms with Crippen LogP contribution in [0.25, 0.3) is 0 Å². The SMILES string of the molecule is O=C(COc1ccc(F)cc1Cl)NC1(CN2CCC2)CC1. The number of nitrogens with zero attached hydrogens (tertiary/aromatic N) is 1. The van der Waals surface area contributed by atoms with Crippen molar-refractivity contribution in [2.45, 2.75) is 24.8 Å². The zero-order valence-electron chi connectivity index (χ0n) is 11.7. The zero-order valence-corrected chi connectivity index (χ0v) is 12.5. The Morgan fingerprint density at radius 3 is 2.76 bits per heavy atom. The normalized spacial score (nSPS) is 19.7. The number of rotatable bonds is 6. The molecular formula is C15H18ClFN2O2. The molecule has 0 radical (unpaired) electrons. The third-order valence-electron chi connectivity index (χ3n) is 3.99. The number of carbonyl (C=O) groups is 1. The lowest BCUT2D eigenvalue weighted by atomic mass is 10.1. The van der Waals surface area contributed by atoms with Gasteiger partial charge in [0.15, 0.2) is 6.61 Å². The van der Waals surface area contributed by atoms with Crippen LogP contribution >= 0.6 is 11.6 Å². The van der Waals surface area contributed by atoms with Crippen LogP contribution in [-0.4, -0.2) is 42.6 Å². The van der Waals surface area contributed by atoms with E-state index in [0.717, 1.165) is 32.5 Å². The van der Waals surface area contributed by atoms with Crippen LogP contribution in [0.5, 0.6) is 5.75 Å². The van der Waals surface area contributed by atoms with Gasteiger partial charge in [-0.2, -0.15) is 0 Å². The average Bonchev–Trinajstić information content (AvgIpc) is 3.13. The number of amides is 1. The van der Waals surface area contributed by atoms with Gasteiger partial charge in [-0.05, 0) is 50.6 Å². The van der Waals surface area contributed by atoms with E-state index in [1.165, 1.54) is 24.6 Å². The molecule has 1 aliphatic heterocycles. The molecule has 1 N–H and O–H groups in total. The number of halogens is 2. The average molecular weight is 313 g/mol. The second-order valence-corrected chi connectivity index (χ2v) is 6.23. The van der Waals surface area contributed by atoms with E-state index in [0.29, 0.717) is 5.75 Å². The van der Waals surface area contributed by atoms with Crippen LogP contribution in [0.3, 0.4) is 0 Å². The van der Waals surface area contributed by atoms with Crippen LogP contribution in [0.1, 0.15) is 19.3 Å². The van der Waals surface area contributed by atoms with Crippen LogP contribution in [0.4, 0.5) is 4.39 Å². The molecule has 6 heteroatoms. The summed E-state index contributed by atoms with van der Waals surface area (Å²) in [5.74, 6) is -0.266. The van der Waals surface area contributed by atoms with Crippen molar-refractivity contribution in [3.63, 3.8) is 0 Å². The Kier molecular flexibility index (Phi) is 4.04. The summed E-state index contributed by atoms with van der Waals surface area (Å²) in [6, 6.07) is 3.85. The summed E-state index contributed by atoms with van der Waals surface area (Å²) in [7, 11) is 0. The molecule has 1 aromatic carbocycles. The molecule has 1 heterocycles. The van der Waals surface area contributed by atoms with E-state index < -0.39 is 5.82 Å². The van der Waals surface area contributed by atoms with Crippen molar-refractivity contribution in [1.82, 2.24) is 10.2 Å². The van der Waals surface area contributed by atoms with Crippen molar-refractivity contribution in [3.8, 4) is 5.75 Å². The number of nitrogens with one attached hydrogen (secondary N) is 1. The third-order valence-corrected chi connectivity index (χ3v) is 4.28. The van der Waals surface area contributed by atoms with Gasteiger partial charge in [-0.3, -0.25) is 4.79 Å². The molecule has 1 saturated heterocycles. The number of ether oxygens (including phenoxy) is 1. The summed E-state index contributed by atoms with van der Waals surface area (Å²) in [5.41, 5.74) is -0.0620. The molecule has 4 nitrogen and oxygen atoms in total. The first-order chi connectivity index (χ1) is 10.1. The van der Waals surface area contributed by atoms with Crippen molar-refractivity contribution < 1.29 is 13.9 Å². The van der Waals surface area contributed by atoms with Crippen LogP contribution in [0.15, 0.2) is 18.2 Å². The molecule has 114 valence electrons. The van der Waals surface area contributed by atoms with Crippen molar-refractivity contribution in [3.05, 3.63) is 29.0 Å². The van der Waals surface area contributed by atoms with E-state index in [1.807, 2.05) is 0 Å². The van der Waals surface area contributed by atoms with Crippen molar-refractivity contribution in [1.29, 1.82) is 0 Å². The smallest absolute Gasteiger partial charge is 0.258 e. The van der Waals surface area contributed by atoms with Gasteiger partial charge in [-0.15, -0.1) is 0 Å². The van der Waals surface area contributed by atoms with E-state index in [9.17, 15) is 9.18 Å². The largest absolute Gasteiger partial charge is 0.482 e. The van der Waals surface area contributed by atoms with E-state index in [2.05, 4.69) is 10.2 Å². The second kappa shape index (κ2) is 5.81. The van der Waals surface area contributed by atoms with E-state index in [-0.39, 0.29) is 23.1 Å². The number of benzene rings is 1. The molecule has 0 bridgehead atoms. The molecule has 0 unspecified atom stereocenters. The molecule has 0 atom stereocenters. The fourth-order valence-electron chi connectivity index (χ4n) is 2.51. The first kappa shape index (κ1) is 14.6. The minimum atomic E-state index is -0.428. The maximum atomic E-state index is 12.9. The quantitative estimate of drug-likeness (QED) is 0.875. The summed E-state index contributed by atoms with van der Waals surface area (Å²) >= 11 is 5.85. The maximum absolute atomic E-state index is 12.9. The molecular weight excluding hydrogens is 295 g/mol. The molecule has 0 spiro atoms. The minimum Gasteiger partial charge on any atom is -0.482 e. The summed E-state index contributed by atoms with van der Waals surface area (Å²) in [4.78, 5) is 14.3. The number of hydrogen-bond donors (Lipinski definition) is 1. The minimum absolute atomic E-state index is 0.0620. The Morgan fingerprint density at radius 2 is 2.19 bits per heavy atom. The molecule has 1 saturated carbocycles. The Morgan fingerprint density at radius 1 is 1.43 bits per heavy atom. The molecule has 1 aliphatic carbocycles. The van der Waals surface area contributed by atoms with Crippen molar-refractivity contribution >= 4 is 17.5 Å². The number of carbonyl (C=O) groups excluding carboxylic acids is 1. The van der Waals surface area contributed by atoms with Crippen LogP contribution < -0.4 is 10.1 Å². The number of likely N-dealkylation sites (tertiary alicyclic amines) is 1. The highest BCUT2D eigenvalue weighted by atomic mass is 35.5. The Hall–Kier alpha value is -1.33. The fourth-order valence-corrected chi connectivity index (χ4v) is 2.73. The van der Waals surface area contributed by atoms with Gasteiger partial charge in [-0.1, -0.05) is 11.6 Å². The number of hydrogen-bond acceptors (Lipinski definition) is 3.